The first-order chi connectivity index (χ1) is 8.13. The maximum absolute atomic E-state index is 5.58. The fourth-order valence-electron chi connectivity index (χ4n) is 1.25. The molecule has 5 heteroatoms. The third-order valence-corrected chi connectivity index (χ3v) is 3.28. The molecule has 0 amide bonds. The zero-order valence-corrected chi connectivity index (χ0v) is 11.9. The number of thiazole rings is 1. The van der Waals surface area contributed by atoms with E-state index in [1.807, 2.05) is 43.5 Å². The van der Waals surface area contributed by atoms with Crippen LogP contribution < -0.4 is 9.47 Å². The maximum Gasteiger partial charge on any atom is 0.279 e. The first kappa shape index (κ1) is 12.4. The van der Waals surface area contributed by atoms with Crippen molar-refractivity contribution in [3.63, 3.8) is 0 Å². The van der Waals surface area contributed by atoms with Crippen LogP contribution in [0.15, 0.2) is 34.2 Å². The molecule has 0 aliphatic heterocycles. The van der Waals surface area contributed by atoms with E-state index >= 15 is 0 Å². The molecule has 0 radical (unpaired) electrons. The number of hydrogen-bond donors (Lipinski definition) is 0. The number of ether oxygens (including phenoxy) is 2. The van der Waals surface area contributed by atoms with Crippen LogP contribution in [0.3, 0.4) is 0 Å². The third-order valence-electron chi connectivity index (χ3n) is 1.86. The number of hydrogen-bond acceptors (Lipinski definition) is 4. The second-order valence-corrected chi connectivity index (χ2v) is 5.31. The second-order valence-electron chi connectivity index (χ2n) is 3.68. The van der Waals surface area contributed by atoms with Gasteiger partial charge in [-0.05, 0) is 54.0 Å². The van der Waals surface area contributed by atoms with Crippen LogP contribution in [0.25, 0.3) is 0 Å². The van der Waals surface area contributed by atoms with Gasteiger partial charge in [0.2, 0.25) is 0 Å². The van der Waals surface area contributed by atoms with E-state index in [0.717, 1.165) is 16.1 Å². The molecule has 0 spiro atoms. The van der Waals surface area contributed by atoms with Gasteiger partial charge in [-0.3, -0.25) is 0 Å². The van der Waals surface area contributed by atoms with E-state index in [1.54, 1.807) is 0 Å². The molecule has 1 aromatic heterocycles. The molecule has 0 saturated carbocycles. The molecule has 0 unspecified atom stereocenters. The van der Waals surface area contributed by atoms with E-state index in [1.165, 1.54) is 11.3 Å². The largest absolute Gasteiger partial charge is 0.491 e. The summed E-state index contributed by atoms with van der Waals surface area (Å²) in [5.41, 5.74) is 0. The fourth-order valence-corrected chi connectivity index (χ4v) is 2.35. The fraction of sp³-hybridized carbons (Fsp3) is 0.250. The lowest BCUT2D eigenvalue weighted by molar-refractivity contribution is 0.242. The Morgan fingerprint density at radius 2 is 1.82 bits per heavy atom. The Bertz CT molecular complexity index is 482. The second kappa shape index (κ2) is 5.51. The van der Waals surface area contributed by atoms with Crippen molar-refractivity contribution in [2.24, 2.45) is 0 Å². The molecule has 90 valence electrons. The van der Waals surface area contributed by atoms with Crippen molar-refractivity contribution in [1.82, 2.24) is 4.98 Å². The van der Waals surface area contributed by atoms with Crippen molar-refractivity contribution in [1.29, 1.82) is 0 Å². The summed E-state index contributed by atoms with van der Waals surface area (Å²) in [7, 11) is 0. The molecule has 17 heavy (non-hydrogen) atoms. The van der Waals surface area contributed by atoms with Gasteiger partial charge >= 0.3 is 0 Å². The van der Waals surface area contributed by atoms with Crippen LogP contribution in [0, 0.1) is 0 Å². The highest BCUT2D eigenvalue weighted by molar-refractivity contribution is 9.10. The summed E-state index contributed by atoms with van der Waals surface area (Å²) in [6, 6.07) is 7.51. The molecule has 0 N–H and O–H groups in total. The minimum absolute atomic E-state index is 0.177. The Kier molecular flexibility index (Phi) is 4.02. The Balaban J connectivity index is 2.03. The SMILES string of the molecule is CC(C)Oc1ccc(Oc2nc(Br)cs2)cc1. The van der Waals surface area contributed by atoms with Crippen molar-refractivity contribution in [3.05, 3.63) is 34.2 Å². The van der Waals surface area contributed by atoms with Crippen LogP contribution in [0.1, 0.15) is 13.8 Å². The number of aromatic nitrogens is 1. The summed E-state index contributed by atoms with van der Waals surface area (Å²) < 4.78 is 11.9. The van der Waals surface area contributed by atoms with E-state index < -0.39 is 0 Å². The van der Waals surface area contributed by atoms with Crippen LogP contribution in [0.4, 0.5) is 0 Å². The monoisotopic (exact) mass is 313 g/mol. The van der Waals surface area contributed by atoms with Gasteiger partial charge in [-0.25, -0.2) is 0 Å². The Morgan fingerprint density at radius 1 is 1.18 bits per heavy atom. The Labute approximate surface area is 113 Å². The Hall–Kier alpha value is -1.07. The Morgan fingerprint density at radius 3 is 2.35 bits per heavy atom. The first-order valence-electron chi connectivity index (χ1n) is 5.19. The molecule has 2 rings (SSSR count). The first-order valence-corrected chi connectivity index (χ1v) is 6.86. The van der Waals surface area contributed by atoms with E-state index in [0.29, 0.717) is 5.19 Å². The standard InChI is InChI=1S/C12H12BrNO2S/c1-8(2)15-9-3-5-10(6-4-9)16-12-14-11(13)7-17-12/h3-8H,1-2H3. The molecule has 0 aliphatic rings. The van der Waals surface area contributed by atoms with Gasteiger partial charge in [0.15, 0.2) is 0 Å². The molecular weight excluding hydrogens is 302 g/mol. The highest BCUT2D eigenvalue weighted by Crippen LogP contribution is 2.28. The van der Waals surface area contributed by atoms with Crippen LogP contribution in [0.5, 0.6) is 16.7 Å². The summed E-state index contributed by atoms with van der Waals surface area (Å²) in [5.74, 6) is 1.59. The van der Waals surface area contributed by atoms with Crippen LogP contribution in [-0.4, -0.2) is 11.1 Å². The van der Waals surface area contributed by atoms with Gasteiger partial charge in [-0.15, -0.1) is 0 Å². The molecule has 1 heterocycles. The quantitative estimate of drug-likeness (QED) is 0.833. The van der Waals surface area contributed by atoms with Crippen LogP contribution >= 0.6 is 27.3 Å². The van der Waals surface area contributed by atoms with Gasteiger partial charge in [0.1, 0.15) is 16.1 Å². The molecular formula is C12H12BrNO2S. The van der Waals surface area contributed by atoms with Crippen molar-refractivity contribution < 1.29 is 9.47 Å². The highest BCUT2D eigenvalue weighted by atomic mass is 79.9. The normalized spacial score (nSPS) is 10.6. The topological polar surface area (TPSA) is 31.4 Å². The summed E-state index contributed by atoms with van der Waals surface area (Å²) in [5, 5.41) is 2.50. The van der Waals surface area contributed by atoms with Crippen molar-refractivity contribution >= 4 is 27.3 Å². The van der Waals surface area contributed by atoms with Crippen LogP contribution in [-0.2, 0) is 0 Å². The van der Waals surface area contributed by atoms with Gasteiger partial charge in [0, 0.05) is 5.38 Å². The summed E-state index contributed by atoms with van der Waals surface area (Å²) >= 11 is 4.73. The molecule has 3 nitrogen and oxygen atoms in total. The van der Waals surface area contributed by atoms with Crippen molar-refractivity contribution in [2.75, 3.05) is 0 Å². The molecule has 2 aromatic rings. The van der Waals surface area contributed by atoms with Gasteiger partial charge in [-0.1, -0.05) is 11.3 Å². The molecule has 1 aromatic carbocycles. The summed E-state index contributed by atoms with van der Waals surface area (Å²) in [4.78, 5) is 4.16. The lowest BCUT2D eigenvalue weighted by Gasteiger charge is -2.09. The molecule has 0 bridgehead atoms. The lowest BCUT2D eigenvalue weighted by atomic mass is 10.3. The zero-order chi connectivity index (χ0) is 12.3. The smallest absolute Gasteiger partial charge is 0.279 e. The summed E-state index contributed by atoms with van der Waals surface area (Å²) in [6.07, 6.45) is 0.177. The molecule has 0 atom stereocenters. The molecule has 0 saturated heterocycles. The van der Waals surface area contributed by atoms with Gasteiger partial charge in [-0.2, -0.15) is 4.98 Å². The minimum atomic E-state index is 0.177. The number of halogens is 1. The zero-order valence-electron chi connectivity index (χ0n) is 9.51. The predicted octanol–water partition coefficient (Wildman–Crippen LogP) is 4.49. The van der Waals surface area contributed by atoms with Gasteiger partial charge in [0.05, 0.1) is 6.10 Å². The molecule has 0 aliphatic carbocycles. The van der Waals surface area contributed by atoms with Crippen molar-refractivity contribution in [3.8, 4) is 16.7 Å². The van der Waals surface area contributed by atoms with Crippen molar-refractivity contribution in [2.45, 2.75) is 20.0 Å². The molecule has 0 fully saturated rings. The average Bonchev–Trinajstić information content (AvgIpc) is 2.66. The van der Waals surface area contributed by atoms with E-state index in [4.69, 9.17) is 9.47 Å². The third kappa shape index (κ3) is 3.71. The van der Waals surface area contributed by atoms with E-state index in [2.05, 4.69) is 20.9 Å². The van der Waals surface area contributed by atoms with Gasteiger partial charge < -0.3 is 9.47 Å². The maximum atomic E-state index is 5.58. The number of nitrogens with zero attached hydrogens (tertiary/aromatic N) is 1. The number of rotatable bonds is 4. The number of benzene rings is 1. The predicted molar refractivity (Wildman–Crippen MR) is 72.1 cm³/mol. The van der Waals surface area contributed by atoms with Crippen LogP contribution in [0.2, 0.25) is 0 Å². The minimum Gasteiger partial charge on any atom is -0.491 e. The van der Waals surface area contributed by atoms with E-state index in [9.17, 15) is 0 Å². The van der Waals surface area contributed by atoms with Gasteiger partial charge in [0.25, 0.3) is 5.19 Å². The average molecular weight is 314 g/mol. The highest BCUT2D eigenvalue weighted by Gasteiger charge is 2.03. The van der Waals surface area contributed by atoms with E-state index in [-0.39, 0.29) is 6.10 Å². The lowest BCUT2D eigenvalue weighted by Crippen LogP contribution is -2.05. The summed E-state index contributed by atoms with van der Waals surface area (Å²) in [6.45, 7) is 4.00.